The van der Waals surface area contributed by atoms with E-state index >= 15 is 0 Å². The van der Waals surface area contributed by atoms with Gasteiger partial charge in [0.1, 0.15) is 0 Å². The smallest absolute Gasteiger partial charge is 0.255 e. The van der Waals surface area contributed by atoms with Crippen molar-refractivity contribution in [1.82, 2.24) is 10.6 Å². The van der Waals surface area contributed by atoms with Crippen LogP contribution in [0.1, 0.15) is 39.0 Å². The Balaban J connectivity index is 2.36. The molecule has 1 saturated carbocycles. The summed E-state index contributed by atoms with van der Waals surface area (Å²) in [5.74, 6) is 0.477. The predicted molar refractivity (Wildman–Crippen MR) is 66.6 cm³/mol. The Hall–Kier alpha value is -0.870. The van der Waals surface area contributed by atoms with Crippen molar-refractivity contribution < 1.29 is 8.78 Å². The van der Waals surface area contributed by atoms with Crippen molar-refractivity contribution in [3.63, 3.8) is 0 Å². The highest BCUT2D eigenvalue weighted by Crippen LogP contribution is 2.40. The first kappa shape index (κ1) is 14.2. The first-order valence-electron chi connectivity index (χ1n) is 6.34. The van der Waals surface area contributed by atoms with E-state index in [2.05, 4.69) is 22.5 Å². The molecular formula is C12H23F2N3. The minimum atomic E-state index is -2.35. The molecule has 17 heavy (non-hydrogen) atoms. The predicted octanol–water partition coefficient (Wildman–Crippen LogP) is 2.39. The van der Waals surface area contributed by atoms with Crippen molar-refractivity contribution >= 4 is 5.96 Å². The molecule has 1 fully saturated rings. The molecule has 1 aliphatic rings. The SMILES string of the molecule is CCC1(CNC(=NC)NCC(F)F)CCCC1. The number of aliphatic imine (C=N–C) groups is 1. The number of guanidine groups is 1. The zero-order chi connectivity index (χ0) is 12.7. The molecule has 0 amide bonds. The molecule has 0 aromatic heterocycles. The van der Waals surface area contributed by atoms with Crippen molar-refractivity contribution in [2.24, 2.45) is 10.4 Å². The fourth-order valence-electron chi connectivity index (χ4n) is 2.45. The summed E-state index contributed by atoms with van der Waals surface area (Å²) in [6.07, 6.45) is 3.79. The highest BCUT2D eigenvalue weighted by Gasteiger charge is 2.31. The quantitative estimate of drug-likeness (QED) is 0.578. The first-order valence-corrected chi connectivity index (χ1v) is 6.34. The molecule has 5 heteroatoms. The molecule has 0 bridgehead atoms. The number of alkyl halides is 2. The molecule has 0 atom stereocenters. The molecule has 0 aliphatic heterocycles. The lowest BCUT2D eigenvalue weighted by molar-refractivity contribution is 0.152. The maximum absolute atomic E-state index is 12.1. The van der Waals surface area contributed by atoms with Crippen LogP contribution in [0.2, 0.25) is 0 Å². The third-order valence-electron chi connectivity index (χ3n) is 3.69. The third kappa shape index (κ3) is 4.48. The first-order chi connectivity index (χ1) is 8.12. The Bertz CT molecular complexity index is 248. The summed E-state index contributed by atoms with van der Waals surface area (Å²) in [7, 11) is 1.61. The Morgan fingerprint density at radius 3 is 2.41 bits per heavy atom. The fourth-order valence-corrected chi connectivity index (χ4v) is 2.45. The van der Waals surface area contributed by atoms with Crippen LogP contribution in [0.4, 0.5) is 8.78 Å². The molecule has 3 nitrogen and oxygen atoms in total. The zero-order valence-corrected chi connectivity index (χ0v) is 10.7. The molecule has 100 valence electrons. The maximum atomic E-state index is 12.1. The molecule has 0 heterocycles. The van der Waals surface area contributed by atoms with Crippen LogP contribution in [0.3, 0.4) is 0 Å². The van der Waals surface area contributed by atoms with E-state index in [-0.39, 0.29) is 6.54 Å². The van der Waals surface area contributed by atoms with Gasteiger partial charge in [0.2, 0.25) is 0 Å². The van der Waals surface area contributed by atoms with Gasteiger partial charge in [-0.25, -0.2) is 8.78 Å². The van der Waals surface area contributed by atoms with Crippen molar-refractivity contribution in [1.29, 1.82) is 0 Å². The number of nitrogens with zero attached hydrogens (tertiary/aromatic N) is 1. The van der Waals surface area contributed by atoms with E-state index in [4.69, 9.17) is 0 Å². The van der Waals surface area contributed by atoms with E-state index < -0.39 is 6.43 Å². The van der Waals surface area contributed by atoms with E-state index in [1.165, 1.54) is 25.7 Å². The fraction of sp³-hybridized carbons (Fsp3) is 0.917. The van der Waals surface area contributed by atoms with Gasteiger partial charge in [-0.3, -0.25) is 4.99 Å². The van der Waals surface area contributed by atoms with Crippen LogP contribution in [0.25, 0.3) is 0 Å². The van der Waals surface area contributed by atoms with Gasteiger partial charge in [0.25, 0.3) is 6.43 Å². The molecular weight excluding hydrogens is 224 g/mol. The molecule has 0 radical (unpaired) electrons. The Labute approximate surface area is 102 Å². The van der Waals surface area contributed by atoms with E-state index in [9.17, 15) is 8.78 Å². The van der Waals surface area contributed by atoms with Crippen LogP contribution in [-0.2, 0) is 0 Å². The molecule has 0 spiro atoms. The van der Waals surface area contributed by atoms with Crippen LogP contribution in [0, 0.1) is 5.41 Å². The second kappa shape index (κ2) is 6.77. The van der Waals surface area contributed by atoms with E-state index in [0.717, 1.165) is 13.0 Å². The number of nitrogens with one attached hydrogen (secondary N) is 2. The lowest BCUT2D eigenvalue weighted by atomic mass is 9.83. The van der Waals surface area contributed by atoms with Crippen molar-refractivity contribution in [3.8, 4) is 0 Å². The molecule has 1 aliphatic carbocycles. The summed E-state index contributed by atoms with van der Waals surface area (Å²) in [4.78, 5) is 3.95. The molecule has 0 saturated heterocycles. The Kier molecular flexibility index (Phi) is 5.65. The third-order valence-corrected chi connectivity index (χ3v) is 3.69. The molecule has 0 unspecified atom stereocenters. The van der Waals surface area contributed by atoms with Gasteiger partial charge >= 0.3 is 0 Å². The lowest BCUT2D eigenvalue weighted by Crippen LogP contribution is -2.44. The average molecular weight is 247 g/mol. The highest BCUT2D eigenvalue weighted by molar-refractivity contribution is 5.79. The number of halogens is 2. The van der Waals surface area contributed by atoms with Gasteiger partial charge < -0.3 is 10.6 Å². The van der Waals surface area contributed by atoms with Gasteiger partial charge in [0.15, 0.2) is 5.96 Å². The standard InChI is InChI=1S/C12H23F2N3/c1-3-12(6-4-5-7-12)9-17-11(15-2)16-8-10(13)14/h10H,3-9H2,1-2H3,(H2,15,16,17). The van der Waals surface area contributed by atoms with E-state index in [0.29, 0.717) is 11.4 Å². The van der Waals surface area contributed by atoms with Gasteiger partial charge in [-0.05, 0) is 24.7 Å². The lowest BCUT2D eigenvalue weighted by Gasteiger charge is -2.28. The van der Waals surface area contributed by atoms with Crippen LogP contribution in [-0.4, -0.2) is 32.5 Å². The van der Waals surface area contributed by atoms with Crippen molar-refractivity contribution in [2.75, 3.05) is 20.1 Å². The minimum absolute atomic E-state index is 0.336. The summed E-state index contributed by atoms with van der Waals surface area (Å²) in [5, 5.41) is 5.79. The van der Waals surface area contributed by atoms with Crippen LogP contribution < -0.4 is 10.6 Å². The largest absolute Gasteiger partial charge is 0.356 e. The zero-order valence-electron chi connectivity index (χ0n) is 10.7. The van der Waals surface area contributed by atoms with Gasteiger partial charge in [-0.15, -0.1) is 0 Å². The molecule has 0 aromatic rings. The highest BCUT2D eigenvalue weighted by atomic mass is 19.3. The topological polar surface area (TPSA) is 36.4 Å². The maximum Gasteiger partial charge on any atom is 0.255 e. The summed E-state index contributed by atoms with van der Waals surface area (Å²) >= 11 is 0. The molecule has 1 rings (SSSR count). The summed E-state index contributed by atoms with van der Waals surface area (Å²) in [6.45, 7) is 2.67. The van der Waals surface area contributed by atoms with Crippen LogP contribution in [0.5, 0.6) is 0 Å². The monoisotopic (exact) mass is 247 g/mol. The van der Waals surface area contributed by atoms with Gasteiger partial charge in [0, 0.05) is 13.6 Å². The summed E-state index contributed by atoms with van der Waals surface area (Å²) < 4.78 is 24.1. The summed E-state index contributed by atoms with van der Waals surface area (Å²) in [6, 6.07) is 0. The van der Waals surface area contributed by atoms with Crippen LogP contribution in [0.15, 0.2) is 4.99 Å². The van der Waals surface area contributed by atoms with Gasteiger partial charge in [-0.2, -0.15) is 0 Å². The normalized spacial score (nSPS) is 19.7. The van der Waals surface area contributed by atoms with Gasteiger partial charge in [0.05, 0.1) is 6.54 Å². The second-order valence-corrected chi connectivity index (χ2v) is 4.76. The van der Waals surface area contributed by atoms with Crippen LogP contribution >= 0.6 is 0 Å². The van der Waals surface area contributed by atoms with Crippen molar-refractivity contribution in [2.45, 2.75) is 45.5 Å². The van der Waals surface area contributed by atoms with Gasteiger partial charge in [-0.1, -0.05) is 19.8 Å². The average Bonchev–Trinajstić information content (AvgIpc) is 2.78. The minimum Gasteiger partial charge on any atom is -0.356 e. The Morgan fingerprint density at radius 2 is 1.94 bits per heavy atom. The summed E-state index contributed by atoms with van der Waals surface area (Å²) in [5.41, 5.74) is 0.336. The Morgan fingerprint density at radius 1 is 1.29 bits per heavy atom. The second-order valence-electron chi connectivity index (χ2n) is 4.76. The number of hydrogen-bond donors (Lipinski definition) is 2. The molecule has 0 aromatic carbocycles. The number of rotatable bonds is 5. The van der Waals surface area contributed by atoms with E-state index in [1.807, 2.05) is 0 Å². The molecule has 2 N–H and O–H groups in total. The number of hydrogen-bond acceptors (Lipinski definition) is 1. The van der Waals surface area contributed by atoms with Crippen molar-refractivity contribution in [3.05, 3.63) is 0 Å². The van der Waals surface area contributed by atoms with E-state index in [1.54, 1.807) is 7.05 Å².